The van der Waals surface area contributed by atoms with E-state index < -0.39 is 23.6 Å². The molecule has 0 spiro atoms. The molecule has 0 radical (unpaired) electrons. The normalized spacial score (nSPS) is 15.2. The number of aromatic carboxylic acids is 1. The molecule has 0 unspecified atom stereocenters. The molecule has 2 amide bonds. The van der Waals surface area contributed by atoms with E-state index in [1.165, 1.54) is 30.3 Å². The number of furan rings is 1. The predicted octanol–water partition coefficient (Wildman–Crippen LogP) is 3.95. The lowest BCUT2D eigenvalue weighted by Gasteiger charge is -2.29. The highest BCUT2D eigenvalue weighted by Crippen LogP contribution is 2.28. The average molecular weight is 489 g/mol. The second-order valence-corrected chi connectivity index (χ2v) is 8.10. The van der Waals surface area contributed by atoms with Crippen molar-refractivity contribution in [3.8, 4) is 0 Å². The van der Waals surface area contributed by atoms with Crippen LogP contribution in [0.5, 0.6) is 0 Å². The number of benzene rings is 2. The summed E-state index contributed by atoms with van der Waals surface area (Å²) in [5.41, 5.74) is 1.06. The minimum Gasteiger partial charge on any atom is -0.475 e. The van der Waals surface area contributed by atoms with Crippen LogP contribution in [-0.4, -0.2) is 32.6 Å². The van der Waals surface area contributed by atoms with E-state index in [0.717, 1.165) is 15.8 Å². The van der Waals surface area contributed by atoms with Gasteiger partial charge < -0.3 is 14.1 Å². The molecule has 1 aliphatic heterocycles. The number of hydrogen-bond acceptors (Lipinski definition) is 5. The van der Waals surface area contributed by atoms with Crippen molar-refractivity contribution in [2.45, 2.75) is 6.54 Å². The van der Waals surface area contributed by atoms with Crippen molar-refractivity contribution in [3.05, 3.63) is 95.3 Å². The second kappa shape index (κ2) is 8.65. The molecule has 2 aromatic heterocycles. The first-order valence-corrected chi connectivity index (χ1v) is 10.8. The zero-order valence-electron chi connectivity index (χ0n) is 17.9. The van der Waals surface area contributed by atoms with Gasteiger partial charge in [0.05, 0.1) is 12.2 Å². The van der Waals surface area contributed by atoms with Crippen molar-refractivity contribution in [2.75, 3.05) is 4.90 Å². The number of carboxylic acids is 1. The van der Waals surface area contributed by atoms with Gasteiger partial charge in [0.25, 0.3) is 11.8 Å². The summed E-state index contributed by atoms with van der Waals surface area (Å²) in [5.74, 6) is -3.02. The minimum atomic E-state index is -1.17. The molecule has 1 saturated heterocycles. The van der Waals surface area contributed by atoms with Crippen LogP contribution in [0.15, 0.2) is 76.9 Å². The highest BCUT2D eigenvalue weighted by Gasteiger charge is 2.35. The first-order valence-electron chi connectivity index (χ1n) is 10.4. The van der Waals surface area contributed by atoms with Gasteiger partial charge in [-0.05, 0) is 48.6 Å². The number of nitrogens with zero attached hydrogens (tertiary/aromatic N) is 2. The van der Waals surface area contributed by atoms with E-state index in [9.17, 15) is 18.8 Å². The van der Waals surface area contributed by atoms with Crippen molar-refractivity contribution < 1.29 is 28.3 Å². The molecular formula is C25H16FN3O5S. The number of fused-ring (bicyclic) bond motifs is 1. The molecule has 1 fully saturated rings. The van der Waals surface area contributed by atoms with Crippen molar-refractivity contribution in [1.29, 1.82) is 0 Å². The molecule has 0 aliphatic carbocycles. The summed E-state index contributed by atoms with van der Waals surface area (Å²) >= 11 is 5.14. The Kier molecular flexibility index (Phi) is 5.50. The predicted molar refractivity (Wildman–Crippen MR) is 129 cm³/mol. The van der Waals surface area contributed by atoms with Crippen molar-refractivity contribution in [3.63, 3.8) is 0 Å². The number of carboxylic acid groups (broad SMARTS) is 1. The molecule has 0 saturated carbocycles. The van der Waals surface area contributed by atoms with E-state index in [4.69, 9.17) is 21.7 Å². The fourth-order valence-corrected chi connectivity index (χ4v) is 4.21. The fraction of sp³-hybridized carbons (Fsp3) is 0.0400. The van der Waals surface area contributed by atoms with Gasteiger partial charge in [0, 0.05) is 22.7 Å². The lowest BCUT2D eigenvalue weighted by Crippen LogP contribution is -2.54. The Morgan fingerprint density at radius 1 is 1.09 bits per heavy atom. The Labute approximate surface area is 202 Å². The highest BCUT2D eigenvalue weighted by molar-refractivity contribution is 7.80. The van der Waals surface area contributed by atoms with Crippen LogP contribution < -0.4 is 10.2 Å². The quantitative estimate of drug-likeness (QED) is 0.250. The molecule has 5 rings (SSSR count). The number of rotatable bonds is 5. The summed E-state index contributed by atoms with van der Waals surface area (Å²) in [4.78, 5) is 38.0. The molecule has 174 valence electrons. The van der Waals surface area contributed by atoms with Gasteiger partial charge >= 0.3 is 5.97 Å². The van der Waals surface area contributed by atoms with E-state index in [2.05, 4.69) is 5.32 Å². The summed E-state index contributed by atoms with van der Waals surface area (Å²) < 4.78 is 21.6. The topological polar surface area (TPSA) is 105 Å². The van der Waals surface area contributed by atoms with Gasteiger partial charge in [-0.15, -0.1) is 0 Å². The molecular weight excluding hydrogens is 473 g/mol. The van der Waals surface area contributed by atoms with Crippen LogP contribution in [0.25, 0.3) is 17.0 Å². The molecule has 10 heteroatoms. The number of carbonyl (C=O) groups excluding carboxylic acids is 2. The number of amides is 2. The molecule has 0 atom stereocenters. The fourth-order valence-electron chi connectivity index (χ4n) is 3.93. The van der Waals surface area contributed by atoms with E-state index in [0.29, 0.717) is 11.3 Å². The summed E-state index contributed by atoms with van der Waals surface area (Å²) in [6, 6.07) is 15.9. The van der Waals surface area contributed by atoms with Gasteiger partial charge in [0.2, 0.25) is 5.76 Å². The Morgan fingerprint density at radius 3 is 2.57 bits per heavy atom. The van der Waals surface area contributed by atoms with Crippen LogP contribution in [-0.2, 0) is 16.1 Å². The van der Waals surface area contributed by atoms with E-state index in [1.54, 1.807) is 18.3 Å². The van der Waals surface area contributed by atoms with E-state index >= 15 is 0 Å². The van der Waals surface area contributed by atoms with Crippen LogP contribution in [0.1, 0.15) is 21.9 Å². The third-order valence-corrected chi connectivity index (χ3v) is 5.80. The van der Waals surface area contributed by atoms with Crippen molar-refractivity contribution in [1.82, 2.24) is 9.88 Å². The Hall–Kier alpha value is -4.57. The van der Waals surface area contributed by atoms with Gasteiger partial charge in [-0.3, -0.25) is 14.9 Å². The zero-order valence-corrected chi connectivity index (χ0v) is 18.7. The maximum Gasteiger partial charge on any atom is 0.371 e. The maximum atomic E-state index is 14.4. The van der Waals surface area contributed by atoms with Crippen LogP contribution in [0, 0.1) is 5.82 Å². The number of carbonyl (C=O) groups is 3. The maximum absolute atomic E-state index is 14.4. The number of hydrogen-bond donors (Lipinski definition) is 2. The number of thiocarbonyl (C=S) groups is 1. The van der Waals surface area contributed by atoms with Gasteiger partial charge in [-0.25, -0.2) is 14.1 Å². The minimum absolute atomic E-state index is 0.0668. The summed E-state index contributed by atoms with van der Waals surface area (Å²) in [6.07, 6.45) is 3.15. The number of halogens is 1. The van der Waals surface area contributed by atoms with Crippen LogP contribution in [0.4, 0.5) is 10.1 Å². The number of aromatic nitrogens is 1. The van der Waals surface area contributed by atoms with Gasteiger partial charge in [0.15, 0.2) is 5.11 Å². The molecule has 4 aromatic rings. The third kappa shape index (κ3) is 4.00. The molecule has 2 N–H and O–H groups in total. The number of para-hydroxylation sites is 2. The third-order valence-electron chi connectivity index (χ3n) is 5.51. The second-order valence-electron chi connectivity index (χ2n) is 7.71. The summed E-state index contributed by atoms with van der Waals surface area (Å²) in [5, 5.41) is 12.1. The number of anilines is 1. The van der Waals surface area contributed by atoms with E-state index in [1.807, 2.05) is 28.8 Å². The molecule has 3 heterocycles. The Bertz CT molecular complexity index is 1570. The van der Waals surface area contributed by atoms with Crippen molar-refractivity contribution in [2.24, 2.45) is 0 Å². The first kappa shape index (κ1) is 22.2. The molecule has 1 aliphatic rings. The number of nitrogens with one attached hydrogen (secondary N) is 1. The van der Waals surface area contributed by atoms with Crippen LogP contribution >= 0.6 is 12.2 Å². The van der Waals surface area contributed by atoms with Gasteiger partial charge in [-0.2, -0.15) is 0 Å². The largest absolute Gasteiger partial charge is 0.475 e. The zero-order chi connectivity index (χ0) is 24.7. The van der Waals surface area contributed by atoms with Gasteiger partial charge in [0.1, 0.15) is 17.2 Å². The molecule has 8 nitrogen and oxygen atoms in total. The van der Waals surface area contributed by atoms with Crippen LogP contribution in [0.3, 0.4) is 0 Å². The van der Waals surface area contributed by atoms with Gasteiger partial charge in [-0.1, -0.05) is 30.3 Å². The average Bonchev–Trinajstić information content (AvgIpc) is 3.43. The molecule has 35 heavy (non-hydrogen) atoms. The smallest absolute Gasteiger partial charge is 0.371 e. The van der Waals surface area contributed by atoms with E-state index in [-0.39, 0.29) is 28.7 Å². The lowest BCUT2D eigenvalue weighted by molar-refractivity contribution is -0.122. The summed E-state index contributed by atoms with van der Waals surface area (Å²) in [7, 11) is 0. The SMILES string of the molecule is O=C1NC(=S)N(c2ccccc2F)C(=O)/C1=C/c1cn(Cc2ccc(C(=O)O)o2)c2ccccc12. The monoisotopic (exact) mass is 489 g/mol. The molecule has 0 bridgehead atoms. The first-order chi connectivity index (χ1) is 16.8. The highest BCUT2D eigenvalue weighted by atomic mass is 32.1. The Balaban J connectivity index is 1.56. The standard InChI is InChI=1S/C25H16FN3O5S/c26-18-6-2-4-8-20(18)29-23(31)17(22(30)27-25(29)35)11-14-12-28(19-7-3-1-5-16(14)19)13-15-9-10-21(34-15)24(32)33/h1-12H,13H2,(H,32,33)(H,27,30,35)/b17-11+. The van der Waals surface area contributed by atoms with Crippen LogP contribution in [0.2, 0.25) is 0 Å². The summed E-state index contributed by atoms with van der Waals surface area (Å²) in [6.45, 7) is 0.225. The van der Waals surface area contributed by atoms with Crippen molar-refractivity contribution >= 4 is 57.8 Å². The Morgan fingerprint density at radius 2 is 1.83 bits per heavy atom. The lowest BCUT2D eigenvalue weighted by atomic mass is 10.1. The molecule has 2 aromatic carbocycles.